The molecule has 3 atom stereocenters. The number of ketones is 2. The first-order valence-electron chi connectivity index (χ1n) is 9.24. The van der Waals surface area contributed by atoms with Gasteiger partial charge in [-0.15, -0.1) is 0 Å². The van der Waals surface area contributed by atoms with Crippen molar-refractivity contribution in [3.05, 3.63) is 24.3 Å². The first-order chi connectivity index (χ1) is 12.0. The van der Waals surface area contributed by atoms with Crippen LogP contribution in [0.1, 0.15) is 64.7 Å². The molecule has 140 valence electrons. The molecular formula is C20H30O5. The summed E-state index contributed by atoms with van der Waals surface area (Å²) in [5.41, 5.74) is 0. The maximum absolute atomic E-state index is 12.1. The van der Waals surface area contributed by atoms with E-state index in [1.165, 1.54) is 6.08 Å². The third kappa shape index (κ3) is 8.25. The van der Waals surface area contributed by atoms with Crippen LogP contribution in [-0.2, 0) is 14.4 Å². The smallest absolute Gasteiger partial charge is 0.303 e. The summed E-state index contributed by atoms with van der Waals surface area (Å²) in [5.74, 6) is -1.35. The summed E-state index contributed by atoms with van der Waals surface area (Å²) in [5, 5.41) is 18.7. The van der Waals surface area contributed by atoms with Gasteiger partial charge in [-0.1, -0.05) is 38.0 Å². The summed E-state index contributed by atoms with van der Waals surface area (Å²) in [4.78, 5) is 34.4. The SMILES string of the molecule is CCCCCC(=O)/C=C\[C@H]1[C@H](O)CC(=O)[C@@H]1C/C=C\CCCC(=O)O. The van der Waals surface area contributed by atoms with Gasteiger partial charge >= 0.3 is 5.97 Å². The Labute approximate surface area is 149 Å². The summed E-state index contributed by atoms with van der Waals surface area (Å²) in [6.07, 6.45) is 11.8. The summed E-state index contributed by atoms with van der Waals surface area (Å²) < 4.78 is 0. The summed E-state index contributed by atoms with van der Waals surface area (Å²) in [6, 6.07) is 0. The third-order valence-electron chi connectivity index (χ3n) is 4.58. The minimum absolute atomic E-state index is 0.0239. The Morgan fingerprint density at radius 1 is 1.16 bits per heavy atom. The van der Waals surface area contributed by atoms with Gasteiger partial charge in [-0.05, 0) is 31.8 Å². The molecule has 0 heterocycles. The number of unbranched alkanes of at least 4 members (excludes halogenated alkanes) is 3. The van der Waals surface area contributed by atoms with Crippen LogP contribution in [0.25, 0.3) is 0 Å². The molecule has 1 saturated carbocycles. The predicted octanol–water partition coefficient (Wildman–Crippen LogP) is 3.46. The number of aliphatic hydroxyl groups excluding tert-OH is 1. The van der Waals surface area contributed by atoms with Crippen molar-refractivity contribution in [1.29, 1.82) is 0 Å². The van der Waals surface area contributed by atoms with E-state index in [0.717, 1.165) is 19.3 Å². The average molecular weight is 350 g/mol. The Morgan fingerprint density at radius 3 is 2.60 bits per heavy atom. The maximum atomic E-state index is 12.1. The van der Waals surface area contributed by atoms with E-state index in [1.807, 2.05) is 12.2 Å². The molecule has 1 rings (SSSR count). The number of carbonyl (C=O) groups is 3. The molecule has 5 heteroatoms. The van der Waals surface area contributed by atoms with E-state index in [-0.39, 0.29) is 36.2 Å². The maximum Gasteiger partial charge on any atom is 0.303 e. The second-order valence-corrected chi connectivity index (χ2v) is 6.70. The lowest BCUT2D eigenvalue weighted by molar-refractivity contribution is -0.137. The number of allylic oxidation sites excluding steroid dienone is 3. The van der Waals surface area contributed by atoms with E-state index in [0.29, 0.717) is 25.7 Å². The zero-order chi connectivity index (χ0) is 18.7. The van der Waals surface area contributed by atoms with Gasteiger partial charge < -0.3 is 10.2 Å². The summed E-state index contributed by atoms with van der Waals surface area (Å²) >= 11 is 0. The molecule has 1 aliphatic carbocycles. The van der Waals surface area contributed by atoms with Crippen LogP contribution in [0.5, 0.6) is 0 Å². The lowest BCUT2D eigenvalue weighted by Crippen LogP contribution is -2.18. The van der Waals surface area contributed by atoms with Crippen LogP contribution in [0, 0.1) is 11.8 Å². The van der Waals surface area contributed by atoms with Gasteiger partial charge in [-0.2, -0.15) is 0 Å². The number of aliphatic hydroxyl groups is 1. The van der Waals surface area contributed by atoms with Crippen molar-refractivity contribution in [3.63, 3.8) is 0 Å². The van der Waals surface area contributed by atoms with Crippen LogP contribution >= 0.6 is 0 Å². The number of hydrogen-bond acceptors (Lipinski definition) is 4. The summed E-state index contributed by atoms with van der Waals surface area (Å²) in [6.45, 7) is 2.08. The van der Waals surface area contributed by atoms with Crippen LogP contribution in [-0.4, -0.2) is 33.9 Å². The third-order valence-corrected chi connectivity index (χ3v) is 4.58. The molecule has 1 fully saturated rings. The topological polar surface area (TPSA) is 91.7 Å². The molecule has 0 unspecified atom stereocenters. The zero-order valence-electron chi connectivity index (χ0n) is 15.0. The second-order valence-electron chi connectivity index (χ2n) is 6.70. The van der Waals surface area contributed by atoms with Crippen molar-refractivity contribution >= 4 is 17.5 Å². The number of aliphatic carboxylic acids is 1. The van der Waals surface area contributed by atoms with Gasteiger partial charge in [0.15, 0.2) is 5.78 Å². The molecule has 0 aromatic heterocycles. The standard InChI is InChI=1S/C20H30O5/c1-2-3-6-9-15(21)12-13-17-16(18(22)14-19(17)23)10-7-4-5-8-11-20(24)25/h4,7,12-13,16-17,19,23H,2-3,5-6,8-11,14H2,1H3,(H,24,25)/b7-4-,13-12-/t16-,17-,19-/m1/s1. The highest BCUT2D eigenvalue weighted by atomic mass is 16.4. The van der Waals surface area contributed by atoms with Gasteiger partial charge in [0.1, 0.15) is 5.78 Å². The highest BCUT2D eigenvalue weighted by Crippen LogP contribution is 2.33. The molecule has 0 saturated heterocycles. The molecule has 0 bridgehead atoms. The number of carbonyl (C=O) groups excluding carboxylic acids is 2. The van der Waals surface area contributed by atoms with E-state index in [1.54, 1.807) is 6.08 Å². The monoisotopic (exact) mass is 350 g/mol. The minimum Gasteiger partial charge on any atom is -0.481 e. The van der Waals surface area contributed by atoms with Gasteiger partial charge in [0.2, 0.25) is 0 Å². The van der Waals surface area contributed by atoms with Crippen LogP contribution in [0.3, 0.4) is 0 Å². The van der Waals surface area contributed by atoms with E-state index in [4.69, 9.17) is 5.11 Å². The molecule has 0 aromatic carbocycles. The Bertz CT molecular complexity index is 506. The van der Waals surface area contributed by atoms with Crippen molar-refractivity contribution in [2.24, 2.45) is 11.8 Å². The van der Waals surface area contributed by atoms with Crippen molar-refractivity contribution in [2.75, 3.05) is 0 Å². The van der Waals surface area contributed by atoms with Gasteiger partial charge in [0.25, 0.3) is 0 Å². The molecule has 2 N–H and O–H groups in total. The number of Topliss-reactive ketones (excluding diaryl/α,β-unsaturated/α-hetero) is 1. The fourth-order valence-corrected chi connectivity index (χ4v) is 3.11. The normalized spacial score (nSPS) is 23.8. The lowest BCUT2D eigenvalue weighted by Gasteiger charge is -2.15. The minimum atomic E-state index is -0.809. The van der Waals surface area contributed by atoms with Crippen molar-refractivity contribution < 1.29 is 24.6 Å². The average Bonchev–Trinajstić information content (AvgIpc) is 2.82. The summed E-state index contributed by atoms with van der Waals surface area (Å²) in [7, 11) is 0. The molecule has 0 aliphatic heterocycles. The van der Waals surface area contributed by atoms with Crippen LogP contribution < -0.4 is 0 Å². The quantitative estimate of drug-likeness (QED) is 0.319. The van der Waals surface area contributed by atoms with Gasteiger partial charge in [-0.25, -0.2) is 0 Å². The highest BCUT2D eigenvalue weighted by molar-refractivity contribution is 5.90. The van der Waals surface area contributed by atoms with Crippen LogP contribution in [0.2, 0.25) is 0 Å². The molecule has 0 radical (unpaired) electrons. The fourth-order valence-electron chi connectivity index (χ4n) is 3.11. The Hall–Kier alpha value is -1.75. The molecule has 5 nitrogen and oxygen atoms in total. The van der Waals surface area contributed by atoms with Gasteiger partial charge in [0.05, 0.1) is 6.10 Å². The molecule has 1 aliphatic rings. The van der Waals surface area contributed by atoms with E-state index >= 15 is 0 Å². The lowest BCUT2D eigenvalue weighted by atomic mass is 9.90. The fraction of sp³-hybridized carbons (Fsp3) is 0.650. The largest absolute Gasteiger partial charge is 0.481 e. The molecule has 0 spiro atoms. The van der Waals surface area contributed by atoms with Crippen molar-refractivity contribution in [3.8, 4) is 0 Å². The predicted molar refractivity (Wildman–Crippen MR) is 96.1 cm³/mol. The highest BCUT2D eigenvalue weighted by Gasteiger charge is 2.39. The van der Waals surface area contributed by atoms with Crippen LogP contribution in [0.15, 0.2) is 24.3 Å². The zero-order valence-corrected chi connectivity index (χ0v) is 15.0. The first-order valence-corrected chi connectivity index (χ1v) is 9.24. The van der Waals surface area contributed by atoms with Gasteiger partial charge in [0, 0.05) is 31.1 Å². The van der Waals surface area contributed by atoms with Crippen LogP contribution in [0.4, 0.5) is 0 Å². The van der Waals surface area contributed by atoms with E-state index in [2.05, 4.69) is 6.92 Å². The molecule has 0 aromatic rings. The number of carboxylic acid groups (broad SMARTS) is 1. The number of rotatable bonds is 12. The molecular weight excluding hydrogens is 320 g/mol. The first kappa shape index (κ1) is 21.3. The number of hydrogen-bond donors (Lipinski definition) is 2. The van der Waals surface area contributed by atoms with E-state index in [9.17, 15) is 19.5 Å². The van der Waals surface area contributed by atoms with Crippen molar-refractivity contribution in [2.45, 2.75) is 70.8 Å². The number of carboxylic acids is 1. The van der Waals surface area contributed by atoms with Gasteiger partial charge in [-0.3, -0.25) is 14.4 Å². The Morgan fingerprint density at radius 2 is 1.92 bits per heavy atom. The second kappa shape index (κ2) is 11.7. The van der Waals surface area contributed by atoms with Crippen molar-refractivity contribution in [1.82, 2.24) is 0 Å². The Balaban J connectivity index is 2.49. The van der Waals surface area contributed by atoms with E-state index < -0.39 is 12.1 Å². The Kier molecular flexibility index (Phi) is 10.0. The molecule has 25 heavy (non-hydrogen) atoms. The molecule has 0 amide bonds.